The molecule has 0 aromatic carbocycles. The van der Waals surface area contributed by atoms with Crippen LogP contribution < -0.4 is 5.32 Å². The van der Waals surface area contributed by atoms with Crippen LogP contribution in [0.5, 0.6) is 0 Å². The number of carboxylic acid groups (broad SMARTS) is 1. The molecule has 106 valence electrons. The highest BCUT2D eigenvalue weighted by molar-refractivity contribution is 5.73. The monoisotopic (exact) mass is 255 g/mol. The van der Waals surface area contributed by atoms with Crippen LogP contribution in [-0.2, 0) is 4.79 Å². The minimum atomic E-state index is -0.693. The van der Waals surface area contributed by atoms with Gasteiger partial charge >= 0.3 is 5.97 Å². The fraction of sp³-hybridized carbons (Fsp3) is 0.933. The largest absolute Gasteiger partial charge is 0.480 e. The van der Waals surface area contributed by atoms with E-state index in [-0.39, 0.29) is 6.04 Å². The van der Waals surface area contributed by atoms with Gasteiger partial charge in [0, 0.05) is 6.04 Å². The summed E-state index contributed by atoms with van der Waals surface area (Å²) in [5.41, 5.74) is 0. The Kier molecular flexibility index (Phi) is 6.69. The van der Waals surface area contributed by atoms with Gasteiger partial charge in [-0.2, -0.15) is 0 Å². The van der Waals surface area contributed by atoms with E-state index in [1.54, 1.807) is 0 Å². The van der Waals surface area contributed by atoms with E-state index in [1.165, 1.54) is 19.3 Å². The standard InChI is InChI=1S/C15H29NO2/c1-4-6-14(15(17)18)16-13-8-5-7-12(9-10-13)11(2)3/h11-14,16H,4-10H2,1-3H3,(H,17,18). The Balaban J connectivity index is 2.44. The summed E-state index contributed by atoms with van der Waals surface area (Å²) in [5, 5.41) is 12.5. The lowest BCUT2D eigenvalue weighted by Crippen LogP contribution is -2.43. The van der Waals surface area contributed by atoms with Gasteiger partial charge in [-0.25, -0.2) is 0 Å². The summed E-state index contributed by atoms with van der Waals surface area (Å²) in [6.07, 6.45) is 7.71. The van der Waals surface area contributed by atoms with Crippen LogP contribution in [0.4, 0.5) is 0 Å². The second-order valence-electron chi connectivity index (χ2n) is 6.06. The first kappa shape index (κ1) is 15.5. The van der Waals surface area contributed by atoms with Gasteiger partial charge in [-0.1, -0.05) is 40.0 Å². The van der Waals surface area contributed by atoms with Gasteiger partial charge < -0.3 is 10.4 Å². The van der Waals surface area contributed by atoms with Crippen LogP contribution in [0, 0.1) is 11.8 Å². The van der Waals surface area contributed by atoms with Gasteiger partial charge in [0.1, 0.15) is 6.04 Å². The smallest absolute Gasteiger partial charge is 0.320 e. The van der Waals surface area contributed by atoms with Crippen molar-refractivity contribution in [2.75, 3.05) is 0 Å². The van der Waals surface area contributed by atoms with E-state index in [4.69, 9.17) is 0 Å². The molecule has 0 aromatic heterocycles. The Morgan fingerprint density at radius 1 is 1.28 bits per heavy atom. The summed E-state index contributed by atoms with van der Waals surface area (Å²) < 4.78 is 0. The number of hydrogen-bond donors (Lipinski definition) is 2. The molecule has 18 heavy (non-hydrogen) atoms. The molecule has 0 aromatic rings. The van der Waals surface area contributed by atoms with E-state index in [1.807, 2.05) is 6.92 Å². The van der Waals surface area contributed by atoms with Gasteiger partial charge in [-0.05, 0) is 37.5 Å². The van der Waals surface area contributed by atoms with E-state index >= 15 is 0 Å². The second kappa shape index (κ2) is 7.78. The SMILES string of the molecule is CCCC(NC1CCCC(C(C)C)CC1)C(=O)O. The molecular weight excluding hydrogens is 226 g/mol. The first-order valence-electron chi connectivity index (χ1n) is 7.53. The summed E-state index contributed by atoms with van der Waals surface area (Å²) in [6.45, 7) is 6.64. The molecule has 2 N–H and O–H groups in total. The molecule has 0 spiro atoms. The number of carbonyl (C=O) groups is 1. The molecule has 1 fully saturated rings. The van der Waals surface area contributed by atoms with E-state index < -0.39 is 5.97 Å². The fourth-order valence-corrected chi connectivity index (χ4v) is 3.01. The van der Waals surface area contributed by atoms with Crippen LogP contribution >= 0.6 is 0 Å². The third-order valence-electron chi connectivity index (χ3n) is 4.27. The van der Waals surface area contributed by atoms with Crippen molar-refractivity contribution < 1.29 is 9.90 Å². The molecule has 0 amide bonds. The lowest BCUT2D eigenvalue weighted by atomic mass is 9.89. The Bertz CT molecular complexity index is 253. The zero-order valence-electron chi connectivity index (χ0n) is 12.1. The molecule has 0 radical (unpaired) electrons. The Morgan fingerprint density at radius 3 is 2.56 bits per heavy atom. The average molecular weight is 255 g/mol. The van der Waals surface area contributed by atoms with Crippen LogP contribution in [0.25, 0.3) is 0 Å². The summed E-state index contributed by atoms with van der Waals surface area (Å²) in [7, 11) is 0. The minimum absolute atomic E-state index is 0.351. The predicted molar refractivity (Wildman–Crippen MR) is 74.7 cm³/mol. The number of rotatable bonds is 6. The maximum atomic E-state index is 11.2. The molecule has 0 aliphatic heterocycles. The number of aliphatic carboxylic acids is 1. The molecule has 3 nitrogen and oxygen atoms in total. The molecule has 1 rings (SSSR count). The molecule has 0 saturated heterocycles. The van der Waals surface area contributed by atoms with E-state index in [9.17, 15) is 9.90 Å². The highest BCUT2D eigenvalue weighted by atomic mass is 16.4. The molecule has 1 aliphatic carbocycles. The van der Waals surface area contributed by atoms with E-state index in [0.717, 1.165) is 37.5 Å². The first-order valence-corrected chi connectivity index (χ1v) is 7.53. The van der Waals surface area contributed by atoms with Crippen LogP contribution in [-0.4, -0.2) is 23.2 Å². The fourth-order valence-electron chi connectivity index (χ4n) is 3.01. The average Bonchev–Trinajstić information content (AvgIpc) is 2.54. The second-order valence-corrected chi connectivity index (χ2v) is 6.06. The van der Waals surface area contributed by atoms with Crippen LogP contribution in [0.15, 0.2) is 0 Å². The minimum Gasteiger partial charge on any atom is -0.480 e. The lowest BCUT2D eigenvalue weighted by Gasteiger charge is -2.22. The highest BCUT2D eigenvalue weighted by Crippen LogP contribution is 2.29. The van der Waals surface area contributed by atoms with Crippen LogP contribution in [0.3, 0.4) is 0 Å². The first-order chi connectivity index (χ1) is 8.54. The van der Waals surface area contributed by atoms with Crippen LogP contribution in [0.1, 0.15) is 65.7 Å². The topological polar surface area (TPSA) is 49.3 Å². The molecule has 3 atom stereocenters. The van der Waals surface area contributed by atoms with Crippen molar-refractivity contribution in [3.05, 3.63) is 0 Å². The lowest BCUT2D eigenvalue weighted by molar-refractivity contribution is -0.139. The Hall–Kier alpha value is -0.570. The van der Waals surface area contributed by atoms with Gasteiger partial charge in [0.05, 0.1) is 0 Å². The van der Waals surface area contributed by atoms with Gasteiger partial charge in [0.25, 0.3) is 0 Å². The zero-order valence-corrected chi connectivity index (χ0v) is 12.1. The quantitative estimate of drug-likeness (QED) is 0.715. The van der Waals surface area contributed by atoms with Crippen molar-refractivity contribution in [3.63, 3.8) is 0 Å². The number of carboxylic acids is 1. The van der Waals surface area contributed by atoms with Gasteiger partial charge in [0.2, 0.25) is 0 Å². The number of hydrogen-bond acceptors (Lipinski definition) is 2. The molecule has 3 heteroatoms. The molecule has 0 bridgehead atoms. The molecule has 1 saturated carbocycles. The summed E-state index contributed by atoms with van der Waals surface area (Å²) >= 11 is 0. The van der Waals surface area contributed by atoms with Gasteiger partial charge in [-0.3, -0.25) is 4.79 Å². The summed E-state index contributed by atoms with van der Waals surface area (Å²) in [4.78, 5) is 11.2. The molecule has 3 unspecified atom stereocenters. The Labute approximate surface area is 111 Å². The van der Waals surface area contributed by atoms with Crippen molar-refractivity contribution >= 4 is 5.97 Å². The van der Waals surface area contributed by atoms with Crippen molar-refractivity contribution in [2.24, 2.45) is 11.8 Å². The van der Waals surface area contributed by atoms with Gasteiger partial charge in [0.15, 0.2) is 0 Å². The predicted octanol–water partition coefficient (Wildman–Crippen LogP) is 3.43. The summed E-state index contributed by atoms with van der Waals surface area (Å²) in [6, 6.07) is 0.0528. The normalized spacial score (nSPS) is 26.9. The van der Waals surface area contributed by atoms with E-state index in [2.05, 4.69) is 19.2 Å². The summed E-state index contributed by atoms with van der Waals surface area (Å²) in [5.74, 6) is 0.891. The van der Waals surface area contributed by atoms with E-state index in [0.29, 0.717) is 6.04 Å². The molecule has 0 heterocycles. The molecular formula is C15H29NO2. The molecule has 1 aliphatic rings. The maximum Gasteiger partial charge on any atom is 0.320 e. The third kappa shape index (κ3) is 4.97. The van der Waals surface area contributed by atoms with Crippen LogP contribution in [0.2, 0.25) is 0 Å². The highest BCUT2D eigenvalue weighted by Gasteiger charge is 2.24. The van der Waals surface area contributed by atoms with Crippen molar-refractivity contribution in [1.29, 1.82) is 0 Å². The van der Waals surface area contributed by atoms with Crippen molar-refractivity contribution in [3.8, 4) is 0 Å². The number of nitrogens with one attached hydrogen (secondary N) is 1. The van der Waals surface area contributed by atoms with Crippen molar-refractivity contribution in [2.45, 2.75) is 77.8 Å². The third-order valence-corrected chi connectivity index (χ3v) is 4.27. The Morgan fingerprint density at radius 2 is 2.00 bits per heavy atom. The zero-order chi connectivity index (χ0) is 13.5. The van der Waals surface area contributed by atoms with Crippen molar-refractivity contribution in [1.82, 2.24) is 5.32 Å². The maximum absolute atomic E-state index is 11.2. The van der Waals surface area contributed by atoms with Gasteiger partial charge in [-0.15, -0.1) is 0 Å².